The molecule has 0 saturated carbocycles. The van der Waals surface area contributed by atoms with Crippen LogP contribution < -0.4 is 5.73 Å². The highest BCUT2D eigenvalue weighted by molar-refractivity contribution is 7.15. The Morgan fingerprint density at radius 3 is 3.00 bits per heavy atom. The fourth-order valence-electron chi connectivity index (χ4n) is 3.37. The van der Waals surface area contributed by atoms with E-state index < -0.39 is 0 Å². The Bertz CT molecular complexity index is 615. The number of nitrogen functional groups attached to an aromatic ring is 1. The molecule has 4 rings (SSSR count). The summed E-state index contributed by atoms with van der Waals surface area (Å²) in [4.78, 5) is 5.84. The molecule has 0 bridgehead atoms. The van der Waals surface area contributed by atoms with Crippen molar-refractivity contribution in [3.63, 3.8) is 0 Å². The van der Waals surface area contributed by atoms with Crippen LogP contribution in [0.3, 0.4) is 0 Å². The van der Waals surface area contributed by atoms with Crippen LogP contribution in [-0.4, -0.2) is 4.98 Å². The first-order chi connectivity index (χ1) is 8.81. The van der Waals surface area contributed by atoms with Gasteiger partial charge < -0.3 is 5.73 Å². The van der Waals surface area contributed by atoms with Gasteiger partial charge in [0.05, 0.1) is 5.69 Å². The van der Waals surface area contributed by atoms with E-state index in [0.29, 0.717) is 5.92 Å². The molecular formula is C15H16N2S. The number of nitrogens with zero attached hydrogens (tertiary/aromatic N) is 1. The summed E-state index contributed by atoms with van der Waals surface area (Å²) in [6.45, 7) is 0. The molecule has 0 radical (unpaired) electrons. The highest BCUT2D eigenvalue weighted by Crippen LogP contribution is 2.42. The minimum atomic E-state index is 0.542. The molecule has 1 atom stereocenters. The van der Waals surface area contributed by atoms with Crippen LogP contribution >= 0.6 is 11.3 Å². The van der Waals surface area contributed by atoms with E-state index in [2.05, 4.69) is 23.2 Å². The third-order valence-electron chi connectivity index (χ3n) is 4.26. The Balaban J connectivity index is 1.76. The predicted octanol–water partition coefficient (Wildman–Crippen LogP) is 3.29. The zero-order valence-corrected chi connectivity index (χ0v) is 11.1. The van der Waals surface area contributed by atoms with Gasteiger partial charge in [-0.3, -0.25) is 0 Å². The maximum atomic E-state index is 5.83. The standard InChI is InChI=1S/C15H16N2S/c16-15-17-13-7-6-12(14(13)18-15)11-5-4-9-2-1-3-10(9)8-11/h4-5,8,12H,1-3,6-7H2,(H2,16,17). The molecule has 1 aromatic heterocycles. The van der Waals surface area contributed by atoms with Crippen LogP contribution in [0.25, 0.3) is 0 Å². The van der Waals surface area contributed by atoms with Gasteiger partial charge in [0.1, 0.15) is 0 Å². The Hall–Kier alpha value is -1.35. The van der Waals surface area contributed by atoms with Crippen molar-refractivity contribution in [1.29, 1.82) is 0 Å². The molecule has 1 unspecified atom stereocenters. The largest absolute Gasteiger partial charge is 0.375 e. The molecule has 18 heavy (non-hydrogen) atoms. The Kier molecular flexibility index (Phi) is 2.24. The third-order valence-corrected chi connectivity index (χ3v) is 5.30. The van der Waals surface area contributed by atoms with Crippen molar-refractivity contribution in [3.8, 4) is 0 Å². The molecule has 2 aliphatic rings. The molecule has 2 aromatic rings. The molecule has 0 saturated heterocycles. The second-order valence-corrected chi connectivity index (χ2v) is 6.40. The molecule has 3 heteroatoms. The highest BCUT2D eigenvalue weighted by atomic mass is 32.1. The van der Waals surface area contributed by atoms with E-state index in [1.165, 1.54) is 41.8 Å². The molecule has 0 aliphatic heterocycles. The summed E-state index contributed by atoms with van der Waals surface area (Å²) in [7, 11) is 0. The number of anilines is 1. The van der Waals surface area contributed by atoms with Crippen LogP contribution in [0.2, 0.25) is 0 Å². The Labute approximate surface area is 111 Å². The van der Waals surface area contributed by atoms with Crippen LogP contribution in [0, 0.1) is 0 Å². The van der Waals surface area contributed by atoms with Gasteiger partial charge in [-0.15, -0.1) is 11.3 Å². The maximum Gasteiger partial charge on any atom is 0.180 e. The second kappa shape index (κ2) is 3.82. The van der Waals surface area contributed by atoms with Crippen molar-refractivity contribution < 1.29 is 0 Å². The Morgan fingerprint density at radius 2 is 2.06 bits per heavy atom. The minimum absolute atomic E-state index is 0.542. The molecule has 0 spiro atoms. The molecule has 92 valence electrons. The number of aryl methyl sites for hydroxylation is 3. The van der Waals surface area contributed by atoms with Gasteiger partial charge in [-0.2, -0.15) is 0 Å². The second-order valence-electron chi connectivity index (χ2n) is 5.34. The third kappa shape index (κ3) is 1.50. The summed E-state index contributed by atoms with van der Waals surface area (Å²) < 4.78 is 0. The van der Waals surface area contributed by atoms with E-state index in [9.17, 15) is 0 Å². The van der Waals surface area contributed by atoms with Crippen LogP contribution in [0.4, 0.5) is 5.13 Å². The van der Waals surface area contributed by atoms with Gasteiger partial charge in [-0.1, -0.05) is 18.2 Å². The predicted molar refractivity (Wildman–Crippen MR) is 75.2 cm³/mol. The molecule has 1 aromatic carbocycles. The zero-order chi connectivity index (χ0) is 12.1. The van der Waals surface area contributed by atoms with Gasteiger partial charge in [-0.05, 0) is 48.8 Å². The molecule has 2 nitrogen and oxygen atoms in total. The van der Waals surface area contributed by atoms with Gasteiger partial charge in [-0.25, -0.2) is 4.98 Å². The van der Waals surface area contributed by atoms with E-state index in [4.69, 9.17) is 5.73 Å². The lowest BCUT2D eigenvalue weighted by atomic mass is 9.95. The molecular weight excluding hydrogens is 240 g/mol. The SMILES string of the molecule is Nc1nc2c(s1)C(c1ccc3c(c1)CCC3)CC2. The summed E-state index contributed by atoms with van der Waals surface area (Å²) in [5.74, 6) is 0.542. The molecule has 2 N–H and O–H groups in total. The number of aromatic nitrogens is 1. The lowest BCUT2D eigenvalue weighted by Gasteiger charge is -2.11. The van der Waals surface area contributed by atoms with Crippen LogP contribution in [-0.2, 0) is 19.3 Å². The maximum absolute atomic E-state index is 5.83. The van der Waals surface area contributed by atoms with Gasteiger partial charge in [0.2, 0.25) is 0 Å². The van der Waals surface area contributed by atoms with Gasteiger partial charge in [0, 0.05) is 10.8 Å². The number of benzene rings is 1. The average molecular weight is 256 g/mol. The molecule has 0 fully saturated rings. The quantitative estimate of drug-likeness (QED) is 0.850. The lowest BCUT2D eigenvalue weighted by Crippen LogP contribution is -1.96. The van der Waals surface area contributed by atoms with E-state index in [1.54, 1.807) is 22.5 Å². The number of thiazole rings is 1. The summed E-state index contributed by atoms with van der Waals surface area (Å²) in [6, 6.07) is 7.08. The van der Waals surface area contributed by atoms with Crippen molar-refractivity contribution in [2.24, 2.45) is 0 Å². The van der Waals surface area contributed by atoms with Crippen LogP contribution in [0.1, 0.15) is 46.0 Å². The fourth-order valence-corrected chi connectivity index (χ4v) is 4.42. The van der Waals surface area contributed by atoms with Gasteiger partial charge in [0.25, 0.3) is 0 Å². The molecule has 1 heterocycles. The van der Waals surface area contributed by atoms with Crippen LogP contribution in [0.15, 0.2) is 18.2 Å². The van der Waals surface area contributed by atoms with E-state index in [1.807, 2.05) is 0 Å². The number of hydrogen-bond donors (Lipinski definition) is 1. The van der Waals surface area contributed by atoms with Crippen molar-refractivity contribution in [2.75, 3.05) is 5.73 Å². The smallest absolute Gasteiger partial charge is 0.180 e. The van der Waals surface area contributed by atoms with E-state index in [-0.39, 0.29) is 0 Å². The number of fused-ring (bicyclic) bond motifs is 2. The van der Waals surface area contributed by atoms with E-state index in [0.717, 1.165) is 11.6 Å². The fraction of sp³-hybridized carbons (Fsp3) is 0.400. The number of nitrogens with two attached hydrogens (primary N) is 1. The Morgan fingerprint density at radius 1 is 1.17 bits per heavy atom. The highest BCUT2D eigenvalue weighted by Gasteiger charge is 2.28. The summed E-state index contributed by atoms with van der Waals surface area (Å²) in [6.07, 6.45) is 6.13. The summed E-state index contributed by atoms with van der Waals surface area (Å²) >= 11 is 1.68. The number of hydrogen-bond acceptors (Lipinski definition) is 3. The van der Waals surface area contributed by atoms with Crippen molar-refractivity contribution >= 4 is 16.5 Å². The lowest BCUT2D eigenvalue weighted by molar-refractivity contribution is 0.789. The molecule has 2 aliphatic carbocycles. The molecule has 0 amide bonds. The first kappa shape index (κ1) is 10.6. The van der Waals surface area contributed by atoms with E-state index >= 15 is 0 Å². The zero-order valence-electron chi connectivity index (χ0n) is 10.3. The van der Waals surface area contributed by atoms with Gasteiger partial charge in [0.15, 0.2) is 5.13 Å². The normalized spacial score (nSPS) is 21.0. The summed E-state index contributed by atoms with van der Waals surface area (Å²) in [5.41, 5.74) is 11.7. The van der Waals surface area contributed by atoms with Crippen molar-refractivity contribution in [3.05, 3.63) is 45.5 Å². The number of rotatable bonds is 1. The van der Waals surface area contributed by atoms with Crippen molar-refractivity contribution in [2.45, 2.75) is 38.0 Å². The van der Waals surface area contributed by atoms with Gasteiger partial charge >= 0.3 is 0 Å². The minimum Gasteiger partial charge on any atom is -0.375 e. The summed E-state index contributed by atoms with van der Waals surface area (Å²) in [5, 5.41) is 0.728. The first-order valence-electron chi connectivity index (χ1n) is 6.68. The average Bonchev–Trinajstić information content (AvgIpc) is 3.01. The van der Waals surface area contributed by atoms with Crippen LogP contribution in [0.5, 0.6) is 0 Å². The first-order valence-corrected chi connectivity index (χ1v) is 7.49. The topological polar surface area (TPSA) is 38.9 Å². The van der Waals surface area contributed by atoms with Crippen molar-refractivity contribution in [1.82, 2.24) is 4.98 Å². The monoisotopic (exact) mass is 256 g/mol.